The summed E-state index contributed by atoms with van der Waals surface area (Å²) in [4.78, 5) is 29.4. The largest absolute Gasteiger partial charge is 0.386 e. The van der Waals surface area contributed by atoms with E-state index < -0.39 is 36.1 Å². The van der Waals surface area contributed by atoms with Gasteiger partial charge in [0.25, 0.3) is 11.8 Å². The Labute approximate surface area is 187 Å². The number of carbonyl (C=O) groups is 2. The third-order valence-corrected chi connectivity index (χ3v) is 5.16. The molecule has 0 saturated heterocycles. The molecule has 4 atom stereocenters. The van der Waals surface area contributed by atoms with Crippen LogP contribution in [0.25, 0.3) is 0 Å². The van der Waals surface area contributed by atoms with Crippen molar-refractivity contribution in [2.45, 2.75) is 38.1 Å². The number of amides is 2. The molecule has 7 nitrogen and oxygen atoms in total. The molecule has 1 heterocycles. The molecule has 0 bridgehead atoms. The predicted molar refractivity (Wildman–Crippen MR) is 121 cm³/mol. The lowest BCUT2D eigenvalue weighted by molar-refractivity contribution is 0.0840. The van der Waals surface area contributed by atoms with Crippen LogP contribution in [0.15, 0.2) is 78.9 Å². The molecule has 4 unspecified atom stereocenters. The molecule has 32 heavy (non-hydrogen) atoms. The Morgan fingerprint density at radius 3 is 1.41 bits per heavy atom. The summed E-state index contributed by atoms with van der Waals surface area (Å²) < 4.78 is 0. The Hall–Kier alpha value is -3.55. The van der Waals surface area contributed by atoms with Crippen LogP contribution in [0.5, 0.6) is 0 Å². The highest BCUT2D eigenvalue weighted by atomic mass is 16.3. The third kappa shape index (κ3) is 5.78. The zero-order valence-corrected chi connectivity index (χ0v) is 18.0. The van der Waals surface area contributed by atoms with E-state index in [9.17, 15) is 19.8 Å². The van der Waals surface area contributed by atoms with Crippen LogP contribution in [0, 0.1) is 0 Å². The van der Waals surface area contributed by atoms with E-state index in [1.54, 1.807) is 44.2 Å². The number of hydrogen-bond donors (Lipinski definition) is 4. The molecule has 7 heteroatoms. The number of aliphatic hydroxyl groups excluding tert-OH is 2. The number of aliphatic hydroxyl groups is 2. The van der Waals surface area contributed by atoms with Gasteiger partial charge in [-0.3, -0.25) is 9.59 Å². The first-order valence-corrected chi connectivity index (χ1v) is 10.4. The Morgan fingerprint density at radius 2 is 1.03 bits per heavy atom. The molecule has 1 aromatic heterocycles. The van der Waals surface area contributed by atoms with Crippen LogP contribution in [0.3, 0.4) is 0 Å². The highest BCUT2D eigenvalue weighted by molar-refractivity contribution is 5.96. The van der Waals surface area contributed by atoms with E-state index >= 15 is 0 Å². The van der Waals surface area contributed by atoms with Crippen LogP contribution in [-0.2, 0) is 0 Å². The lowest BCUT2D eigenvalue weighted by atomic mass is 10.0. The van der Waals surface area contributed by atoms with Gasteiger partial charge in [0.05, 0.1) is 24.3 Å². The van der Waals surface area contributed by atoms with E-state index in [0.29, 0.717) is 11.1 Å². The zero-order chi connectivity index (χ0) is 23.1. The standard InChI is InChI=1S/C25H27N3O4/c1-16(22(29)18-10-5-3-6-11-18)26-24(31)20-14-9-15-21(28-20)25(32)27-17(2)23(30)19-12-7-4-8-13-19/h3-17,22-23,29-30H,1-2H3,(H,26,31)(H,27,32). The first kappa shape index (κ1) is 23.1. The molecule has 2 amide bonds. The Balaban J connectivity index is 1.63. The van der Waals surface area contributed by atoms with Gasteiger partial charge in [0, 0.05) is 0 Å². The maximum atomic E-state index is 12.6. The summed E-state index contributed by atoms with van der Waals surface area (Å²) in [5, 5.41) is 26.3. The summed E-state index contributed by atoms with van der Waals surface area (Å²) in [5.41, 5.74) is 1.49. The minimum Gasteiger partial charge on any atom is -0.386 e. The predicted octanol–water partition coefficient (Wildman–Crippen LogP) is 2.79. The molecule has 0 saturated carbocycles. The lowest BCUT2D eigenvalue weighted by Gasteiger charge is -2.21. The molecule has 0 aliphatic carbocycles. The third-order valence-electron chi connectivity index (χ3n) is 5.16. The van der Waals surface area contributed by atoms with Gasteiger partial charge in [-0.25, -0.2) is 4.98 Å². The molecule has 3 aromatic rings. The number of carbonyl (C=O) groups excluding carboxylic acids is 2. The van der Waals surface area contributed by atoms with Crippen molar-refractivity contribution in [2.24, 2.45) is 0 Å². The maximum Gasteiger partial charge on any atom is 0.270 e. The van der Waals surface area contributed by atoms with E-state index in [-0.39, 0.29) is 11.4 Å². The Morgan fingerprint density at radius 1 is 0.656 bits per heavy atom. The van der Waals surface area contributed by atoms with Crippen LogP contribution in [0.4, 0.5) is 0 Å². The lowest BCUT2D eigenvalue weighted by Crippen LogP contribution is -2.39. The SMILES string of the molecule is CC(NC(=O)c1cccc(C(=O)NC(C)C(O)c2ccccc2)n1)C(O)c1ccccc1. The van der Waals surface area contributed by atoms with Gasteiger partial charge in [0.15, 0.2) is 0 Å². The molecule has 0 aliphatic rings. The average molecular weight is 434 g/mol. The summed E-state index contributed by atoms with van der Waals surface area (Å²) in [6.45, 7) is 3.39. The number of nitrogens with one attached hydrogen (secondary N) is 2. The van der Waals surface area contributed by atoms with Crippen molar-refractivity contribution in [3.05, 3.63) is 101 Å². The van der Waals surface area contributed by atoms with Crippen molar-refractivity contribution in [2.75, 3.05) is 0 Å². The fourth-order valence-corrected chi connectivity index (χ4v) is 3.28. The van der Waals surface area contributed by atoms with E-state index in [2.05, 4.69) is 15.6 Å². The molecule has 0 spiro atoms. The fraction of sp³-hybridized carbons (Fsp3) is 0.240. The summed E-state index contributed by atoms with van der Waals surface area (Å²) >= 11 is 0. The van der Waals surface area contributed by atoms with Crippen molar-refractivity contribution >= 4 is 11.8 Å². The van der Waals surface area contributed by atoms with Crippen LogP contribution >= 0.6 is 0 Å². The number of rotatable bonds is 8. The molecule has 2 aromatic carbocycles. The number of aromatic nitrogens is 1. The molecular formula is C25H27N3O4. The number of nitrogens with zero attached hydrogens (tertiary/aromatic N) is 1. The van der Waals surface area contributed by atoms with Gasteiger partial charge in [0.2, 0.25) is 0 Å². The molecule has 0 fully saturated rings. The molecule has 4 N–H and O–H groups in total. The second kappa shape index (κ2) is 10.7. The van der Waals surface area contributed by atoms with Crippen LogP contribution in [0.2, 0.25) is 0 Å². The van der Waals surface area contributed by atoms with Crippen molar-refractivity contribution in [1.82, 2.24) is 15.6 Å². The van der Waals surface area contributed by atoms with Crippen molar-refractivity contribution in [1.29, 1.82) is 0 Å². The monoisotopic (exact) mass is 433 g/mol. The van der Waals surface area contributed by atoms with E-state index in [4.69, 9.17) is 0 Å². The molecule has 166 valence electrons. The average Bonchev–Trinajstić information content (AvgIpc) is 2.84. The first-order valence-electron chi connectivity index (χ1n) is 10.4. The van der Waals surface area contributed by atoms with E-state index in [1.165, 1.54) is 12.1 Å². The van der Waals surface area contributed by atoms with Gasteiger partial charge in [-0.15, -0.1) is 0 Å². The first-order chi connectivity index (χ1) is 15.4. The highest BCUT2D eigenvalue weighted by Gasteiger charge is 2.22. The van der Waals surface area contributed by atoms with E-state index in [1.807, 2.05) is 36.4 Å². The molecular weight excluding hydrogens is 406 g/mol. The van der Waals surface area contributed by atoms with Crippen LogP contribution < -0.4 is 10.6 Å². The van der Waals surface area contributed by atoms with Gasteiger partial charge in [0.1, 0.15) is 11.4 Å². The molecule has 0 aliphatic heterocycles. The van der Waals surface area contributed by atoms with Gasteiger partial charge in [-0.1, -0.05) is 66.7 Å². The summed E-state index contributed by atoms with van der Waals surface area (Å²) in [6, 6.07) is 21.5. The number of benzene rings is 2. The highest BCUT2D eigenvalue weighted by Crippen LogP contribution is 2.17. The van der Waals surface area contributed by atoms with Crippen molar-refractivity contribution < 1.29 is 19.8 Å². The fourth-order valence-electron chi connectivity index (χ4n) is 3.28. The summed E-state index contributed by atoms with van der Waals surface area (Å²) in [7, 11) is 0. The number of hydrogen-bond acceptors (Lipinski definition) is 5. The topological polar surface area (TPSA) is 112 Å². The van der Waals surface area contributed by atoms with Gasteiger partial charge < -0.3 is 20.8 Å². The normalized spacial score (nSPS) is 14.6. The molecule has 3 rings (SSSR count). The zero-order valence-electron chi connectivity index (χ0n) is 18.0. The Kier molecular flexibility index (Phi) is 7.70. The summed E-state index contributed by atoms with van der Waals surface area (Å²) in [6.07, 6.45) is -1.76. The second-order valence-corrected chi connectivity index (χ2v) is 7.64. The minimum absolute atomic E-state index is 0.0565. The van der Waals surface area contributed by atoms with E-state index in [0.717, 1.165) is 0 Å². The van der Waals surface area contributed by atoms with Gasteiger partial charge in [-0.05, 0) is 37.1 Å². The van der Waals surface area contributed by atoms with Gasteiger partial charge in [-0.2, -0.15) is 0 Å². The maximum absolute atomic E-state index is 12.6. The van der Waals surface area contributed by atoms with Crippen molar-refractivity contribution in [3.63, 3.8) is 0 Å². The van der Waals surface area contributed by atoms with Gasteiger partial charge >= 0.3 is 0 Å². The second-order valence-electron chi connectivity index (χ2n) is 7.64. The van der Waals surface area contributed by atoms with Crippen LogP contribution in [-0.4, -0.2) is 39.1 Å². The van der Waals surface area contributed by atoms with Crippen LogP contribution in [0.1, 0.15) is 58.2 Å². The smallest absolute Gasteiger partial charge is 0.270 e. The Bertz CT molecular complexity index is 963. The quantitative estimate of drug-likeness (QED) is 0.437. The van der Waals surface area contributed by atoms with Crippen molar-refractivity contribution in [3.8, 4) is 0 Å². The minimum atomic E-state index is -0.882. The summed E-state index contributed by atoms with van der Waals surface area (Å²) in [5.74, 6) is -1.00. The number of pyridine rings is 1. The molecule has 0 radical (unpaired) electrons.